The first-order valence-corrected chi connectivity index (χ1v) is 13.4. The van der Waals surface area contributed by atoms with E-state index in [-0.39, 0.29) is 23.8 Å². The molecule has 4 bridgehead atoms. The van der Waals surface area contributed by atoms with Gasteiger partial charge in [0.05, 0.1) is 23.9 Å². The summed E-state index contributed by atoms with van der Waals surface area (Å²) in [5, 5.41) is 12.5. The number of thioether (sulfide) groups is 1. The maximum atomic E-state index is 13.5. The van der Waals surface area contributed by atoms with Crippen LogP contribution >= 0.6 is 23.4 Å². The first kappa shape index (κ1) is 23.7. The maximum Gasteiger partial charge on any atom is 0.319 e. The standard InChI is InChI=1S/C25H31ClN4O3S/c1-3-33-22(31)15(2)34-24-29-28-21(30(24)20-7-5-4-6-19(20)26)14-27-23(32)25-11-16-8-17(12-25)10-18(9-16)13-25/h4-7,15-18H,3,8-14H2,1-2H3,(H,27,32)/t15-,16?,17?,18?,25?/m0/s1. The van der Waals surface area contributed by atoms with Gasteiger partial charge in [-0.05, 0) is 82.3 Å². The summed E-state index contributed by atoms with van der Waals surface area (Å²) in [5.41, 5.74) is 0.492. The number of para-hydroxylation sites is 1. The van der Waals surface area contributed by atoms with Crippen molar-refractivity contribution in [3.63, 3.8) is 0 Å². The van der Waals surface area contributed by atoms with Crippen molar-refractivity contribution in [2.75, 3.05) is 6.61 Å². The molecule has 0 saturated heterocycles. The fourth-order valence-electron chi connectivity index (χ4n) is 6.57. The fourth-order valence-corrected chi connectivity index (χ4v) is 7.67. The Balaban J connectivity index is 1.37. The molecule has 182 valence electrons. The van der Waals surface area contributed by atoms with Gasteiger partial charge in [0.25, 0.3) is 0 Å². The van der Waals surface area contributed by atoms with E-state index in [0.29, 0.717) is 46.1 Å². The van der Waals surface area contributed by atoms with Crippen molar-refractivity contribution < 1.29 is 14.3 Å². The largest absolute Gasteiger partial charge is 0.465 e. The zero-order chi connectivity index (χ0) is 23.9. The molecule has 1 amide bonds. The maximum absolute atomic E-state index is 13.5. The van der Waals surface area contributed by atoms with Crippen LogP contribution in [0.4, 0.5) is 0 Å². The highest BCUT2D eigenvalue weighted by molar-refractivity contribution is 8.00. The SMILES string of the molecule is CCOC(=O)[C@H](C)Sc1nnc(CNC(=O)C23CC4CC(CC(C4)C2)C3)n1-c1ccccc1Cl. The first-order chi connectivity index (χ1) is 16.4. The minimum atomic E-state index is -0.458. The van der Waals surface area contributed by atoms with Crippen LogP contribution in [0.25, 0.3) is 5.69 Å². The average molecular weight is 503 g/mol. The van der Waals surface area contributed by atoms with Crippen molar-refractivity contribution >= 4 is 35.2 Å². The third-order valence-corrected chi connectivity index (χ3v) is 8.96. The Hall–Kier alpha value is -2.06. The Bertz CT molecular complexity index is 1050. The van der Waals surface area contributed by atoms with Crippen molar-refractivity contribution in [1.82, 2.24) is 20.1 Å². The van der Waals surface area contributed by atoms with Gasteiger partial charge in [0.2, 0.25) is 5.91 Å². The molecule has 0 unspecified atom stereocenters. The third-order valence-electron chi connectivity index (χ3n) is 7.62. The normalized spacial score (nSPS) is 28.0. The number of esters is 1. The van der Waals surface area contributed by atoms with Crippen molar-refractivity contribution in [3.05, 3.63) is 35.1 Å². The van der Waals surface area contributed by atoms with E-state index in [1.54, 1.807) is 19.9 Å². The fraction of sp³-hybridized carbons (Fsp3) is 0.600. The Morgan fingerprint density at radius 2 is 1.82 bits per heavy atom. The Labute approximate surface area is 209 Å². The van der Waals surface area contributed by atoms with E-state index in [2.05, 4.69) is 15.5 Å². The van der Waals surface area contributed by atoms with Crippen molar-refractivity contribution in [2.24, 2.45) is 23.2 Å². The number of rotatable bonds is 8. The lowest BCUT2D eigenvalue weighted by Gasteiger charge is -2.55. The van der Waals surface area contributed by atoms with Crippen LogP contribution in [0.1, 0.15) is 58.2 Å². The number of halogens is 1. The van der Waals surface area contributed by atoms with Crippen molar-refractivity contribution in [2.45, 2.75) is 69.3 Å². The van der Waals surface area contributed by atoms with E-state index < -0.39 is 5.25 Å². The monoisotopic (exact) mass is 502 g/mol. The van der Waals surface area contributed by atoms with Crippen LogP contribution in [0.2, 0.25) is 5.02 Å². The number of carbonyl (C=O) groups is 2. The number of carbonyl (C=O) groups excluding carboxylic acids is 2. The lowest BCUT2D eigenvalue weighted by molar-refractivity contribution is -0.146. The first-order valence-electron chi connectivity index (χ1n) is 12.2. The van der Waals surface area contributed by atoms with Gasteiger partial charge in [-0.25, -0.2) is 0 Å². The molecule has 0 radical (unpaired) electrons. The minimum Gasteiger partial charge on any atom is -0.465 e. The Kier molecular flexibility index (Phi) is 6.64. The Morgan fingerprint density at radius 3 is 2.44 bits per heavy atom. The van der Waals surface area contributed by atoms with Crippen LogP contribution in [-0.4, -0.2) is 38.5 Å². The van der Waals surface area contributed by atoms with E-state index in [0.717, 1.165) is 19.3 Å². The summed E-state index contributed by atoms with van der Waals surface area (Å²) < 4.78 is 6.98. The highest BCUT2D eigenvalue weighted by atomic mass is 35.5. The summed E-state index contributed by atoms with van der Waals surface area (Å²) in [5.74, 6) is 2.54. The van der Waals surface area contributed by atoms with Gasteiger partial charge in [0, 0.05) is 5.41 Å². The van der Waals surface area contributed by atoms with Gasteiger partial charge >= 0.3 is 5.97 Å². The van der Waals surface area contributed by atoms with Gasteiger partial charge in [0.1, 0.15) is 5.25 Å². The molecule has 34 heavy (non-hydrogen) atoms. The van der Waals surface area contributed by atoms with Crippen LogP contribution in [-0.2, 0) is 20.9 Å². The molecule has 1 heterocycles. The number of amides is 1. The molecule has 4 fully saturated rings. The number of nitrogens with one attached hydrogen (secondary N) is 1. The molecule has 4 aliphatic rings. The van der Waals surface area contributed by atoms with Gasteiger partial charge in [-0.15, -0.1) is 10.2 Å². The molecule has 1 aromatic carbocycles. The van der Waals surface area contributed by atoms with Crippen LogP contribution in [0, 0.1) is 23.2 Å². The van der Waals surface area contributed by atoms with Crippen LogP contribution < -0.4 is 5.32 Å². The smallest absolute Gasteiger partial charge is 0.319 e. The van der Waals surface area contributed by atoms with Gasteiger partial charge in [-0.1, -0.05) is 35.5 Å². The number of aromatic nitrogens is 3. The minimum absolute atomic E-state index is 0.148. The van der Waals surface area contributed by atoms with Crippen molar-refractivity contribution in [1.29, 1.82) is 0 Å². The van der Waals surface area contributed by atoms with Crippen LogP contribution in [0.15, 0.2) is 29.4 Å². The van der Waals surface area contributed by atoms with Crippen LogP contribution in [0.3, 0.4) is 0 Å². The van der Waals surface area contributed by atoms with Gasteiger partial charge in [-0.2, -0.15) is 0 Å². The summed E-state index contributed by atoms with van der Waals surface area (Å²) in [6, 6.07) is 7.44. The van der Waals surface area contributed by atoms with E-state index in [1.807, 2.05) is 22.8 Å². The topological polar surface area (TPSA) is 86.1 Å². The predicted octanol–water partition coefficient (Wildman–Crippen LogP) is 4.80. The predicted molar refractivity (Wildman–Crippen MR) is 131 cm³/mol. The van der Waals surface area contributed by atoms with E-state index in [9.17, 15) is 9.59 Å². The van der Waals surface area contributed by atoms with E-state index in [1.165, 1.54) is 31.0 Å². The Morgan fingerprint density at radius 1 is 1.18 bits per heavy atom. The summed E-state index contributed by atoms with van der Waals surface area (Å²) in [4.78, 5) is 25.7. The molecule has 1 atom stereocenters. The molecule has 7 nitrogen and oxygen atoms in total. The third kappa shape index (κ3) is 4.47. The molecule has 0 aliphatic heterocycles. The van der Waals surface area contributed by atoms with Crippen LogP contribution in [0.5, 0.6) is 0 Å². The summed E-state index contributed by atoms with van der Waals surface area (Å²) in [6.07, 6.45) is 6.94. The molecule has 2 aromatic rings. The zero-order valence-corrected chi connectivity index (χ0v) is 21.2. The molecule has 0 spiro atoms. The molecule has 1 N–H and O–H groups in total. The molecule has 4 saturated carbocycles. The van der Waals surface area contributed by atoms with E-state index in [4.69, 9.17) is 16.3 Å². The average Bonchev–Trinajstić information content (AvgIpc) is 3.19. The number of nitrogens with zero attached hydrogens (tertiary/aromatic N) is 3. The molecule has 9 heteroatoms. The molecule has 1 aromatic heterocycles. The lowest BCUT2D eigenvalue weighted by atomic mass is 9.49. The summed E-state index contributed by atoms with van der Waals surface area (Å²) >= 11 is 7.79. The molecular weight excluding hydrogens is 472 g/mol. The second-order valence-corrected chi connectivity index (χ2v) is 11.8. The molecule has 4 aliphatic carbocycles. The summed E-state index contributed by atoms with van der Waals surface area (Å²) in [7, 11) is 0. The zero-order valence-electron chi connectivity index (χ0n) is 19.6. The molecule has 6 rings (SSSR count). The number of ether oxygens (including phenoxy) is 1. The number of benzene rings is 1. The second-order valence-electron chi connectivity index (χ2n) is 10.1. The number of hydrogen-bond acceptors (Lipinski definition) is 6. The summed E-state index contributed by atoms with van der Waals surface area (Å²) in [6.45, 7) is 4.14. The van der Waals surface area contributed by atoms with Crippen molar-refractivity contribution in [3.8, 4) is 5.69 Å². The van der Waals surface area contributed by atoms with Gasteiger partial charge in [0.15, 0.2) is 11.0 Å². The second kappa shape index (κ2) is 9.53. The lowest BCUT2D eigenvalue weighted by Crippen LogP contribution is -2.53. The highest BCUT2D eigenvalue weighted by Crippen LogP contribution is 2.60. The highest BCUT2D eigenvalue weighted by Gasteiger charge is 2.54. The van der Waals surface area contributed by atoms with E-state index >= 15 is 0 Å². The van der Waals surface area contributed by atoms with Gasteiger partial charge in [-0.3, -0.25) is 14.2 Å². The molecular formula is C25H31ClN4O3S. The van der Waals surface area contributed by atoms with Gasteiger partial charge < -0.3 is 10.1 Å². The quantitative estimate of drug-likeness (QED) is 0.412. The number of hydrogen-bond donors (Lipinski definition) is 1.